The van der Waals surface area contributed by atoms with Gasteiger partial charge in [-0.25, -0.2) is 0 Å². The summed E-state index contributed by atoms with van der Waals surface area (Å²) in [6.45, 7) is 0. The van der Waals surface area contributed by atoms with Crippen LogP contribution in [0.2, 0.25) is 10.0 Å². The van der Waals surface area contributed by atoms with Gasteiger partial charge in [0.15, 0.2) is 0 Å². The number of rotatable bonds is 3. The van der Waals surface area contributed by atoms with Gasteiger partial charge in [-0.15, -0.1) is 0 Å². The number of carboxylic acids is 1. The molecule has 17 heavy (non-hydrogen) atoms. The van der Waals surface area contributed by atoms with Crippen LogP contribution in [0.25, 0.3) is 10.9 Å². The van der Waals surface area contributed by atoms with Crippen LogP contribution in [0.3, 0.4) is 0 Å². The number of fused-ring (bicyclic) bond motifs is 1. The average molecular weight is 270 g/mol. The molecular formula is C12H9Cl2NO2. The summed E-state index contributed by atoms with van der Waals surface area (Å²) in [7, 11) is 0. The molecule has 0 saturated heterocycles. The van der Waals surface area contributed by atoms with Crippen molar-refractivity contribution >= 4 is 40.1 Å². The minimum atomic E-state index is -0.843. The average Bonchev–Trinajstić information content (AvgIpc) is 2.31. The Labute approximate surface area is 108 Å². The number of nitrogens with zero attached hydrogens (tertiary/aromatic N) is 1. The first-order valence-corrected chi connectivity index (χ1v) is 5.79. The molecule has 5 heteroatoms. The second-order valence-corrected chi connectivity index (χ2v) is 4.44. The summed E-state index contributed by atoms with van der Waals surface area (Å²) < 4.78 is 0. The summed E-state index contributed by atoms with van der Waals surface area (Å²) in [5.74, 6) is -0.843. The first-order chi connectivity index (χ1) is 8.08. The highest BCUT2D eigenvalue weighted by molar-refractivity contribution is 6.39. The van der Waals surface area contributed by atoms with Crippen LogP contribution in [-0.4, -0.2) is 16.1 Å². The highest BCUT2D eigenvalue weighted by Crippen LogP contribution is 2.28. The highest BCUT2D eigenvalue weighted by Gasteiger charge is 2.07. The fourth-order valence-electron chi connectivity index (χ4n) is 1.56. The van der Waals surface area contributed by atoms with Crippen molar-refractivity contribution < 1.29 is 9.90 Å². The first kappa shape index (κ1) is 12.1. The fourth-order valence-corrected chi connectivity index (χ4v) is 1.99. The molecule has 0 aliphatic rings. The van der Waals surface area contributed by atoms with Crippen LogP contribution in [0.15, 0.2) is 24.3 Å². The number of pyridine rings is 1. The van der Waals surface area contributed by atoms with Crippen molar-refractivity contribution in [2.45, 2.75) is 12.8 Å². The van der Waals surface area contributed by atoms with Crippen LogP contribution >= 0.6 is 23.2 Å². The molecule has 1 aromatic carbocycles. The zero-order chi connectivity index (χ0) is 12.4. The van der Waals surface area contributed by atoms with Crippen molar-refractivity contribution in [3.8, 4) is 0 Å². The number of carboxylic acid groups (broad SMARTS) is 1. The monoisotopic (exact) mass is 269 g/mol. The molecule has 0 aliphatic heterocycles. The number of hydrogen-bond donors (Lipinski definition) is 1. The minimum absolute atomic E-state index is 0.0523. The van der Waals surface area contributed by atoms with Gasteiger partial charge in [-0.2, -0.15) is 0 Å². The van der Waals surface area contributed by atoms with Crippen molar-refractivity contribution in [3.05, 3.63) is 40.0 Å². The summed E-state index contributed by atoms with van der Waals surface area (Å²) in [6, 6.07) is 6.98. The normalized spacial score (nSPS) is 10.7. The smallest absolute Gasteiger partial charge is 0.303 e. The first-order valence-electron chi connectivity index (χ1n) is 5.03. The predicted molar refractivity (Wildman–Crippen MR) is 67.7 cm³/mol. The summed E-state index contributed by atoms with van der Waals surface area (Å²) in [5.41, 5.74) is 1.31. The van der Waals surface area contributed by atoms with E-state index in [9.17, 15) is 4.79 Å². The van der Waals surface area contributed by atoms with Crippen LogP contribution < -0.4 is 0 Å². The number of aryl methyl sites for hydroxylation is 1. The van der Waals surface area contributed by atoms with E-state index in [4.69, 9.17) is 28.3 Å². The number of hydrogen-bond acceptors (Lipinski definition) is 2. The molecule has 1 aromatic heterocycles. The maximum atomic E-state index is 10.5. The molecule has 0 amide bonds. The third-order valence-electron chi connectivity index (χ3n) is 2.41. The Morgan fingerprint density at radius 1 is 1.18 bits per heavy atom. The van der Waals surface area contributed by atoms with Crippen molar-refractivity contribution in [1.29, 1.82) is 0 Å². The van der Waals surface area contributed by atoms with E-state index in [1.165, 1.54) is 0 Å². The summed E-state index contributed by atoms with van der Waals surface area (Å²) in [6.07, 6.45) is 0.435. The Morgan fingerprint density at radius 2 is 1.88 bits per heavy atom. The predicted octanol–water partition coefficient (Wildman–Crippen LogP) is 3.56. The zero-order valence-electron chi connectivity index (χ0n) is 8.78. The van der Waals surface area contributed by atoms with Gasteiger partial charge >= 0.3 is 5.97 Å². The van der Waals surface area contributed by atoms with Crippen molar-refractivity contribution in [1.82, 2.24) is 4.98 Å². The fraction of sp³-hybridized carbons (Fsp3) is 0.167. The summed E-state index contributed by atoms with van der Waals surface area (Å²) in [5, 5.41) is 10.5. The second kappa shape index (κ2) is 4.90. The molecule has 0 bridgehead atoms. The lowest BCUT2D eigenvalue weighted by Gasteiger charge is -2.04. The third kappa shape index (κ3) is 2.68. The Bertz CT molecular complexity index is 584. The van der Waals surface area contributed by atoms with Crippen molar-refractivity contribution in [3.63, 3.8) is 0 Å². The molecule has 88 valence electrons. The standard InChI is InChI=1S/C12H9Cl2NO2/c13-9-4-5-10(14)12-8(9)3-1-7(15-12)2-6-11(16)17/h1,3-5H,2,6H2,(H,16,17). The second-order valence-electron chi connectivity index (χ2n) is 3.62. The molecule has 0 radical (unpaired) electrons. The molecule has 0 fully saturated rings. The molecule has 0 aliphatic carbocycles. The van der Waals surface area contributed by atoms with Crippen LogP contribution in [0.1, 0.15) is 12.1 Å². The number of halogens is 2. The molecule has 2 rings (SSSR count). The van der Waals surface area contributed by atoms with Crippen LogP contribution in [0.5, 0.6) is 0 Å². The van der Waals surface area contributed by atoms with Gasteiger partial charge in [0.2, 0.25) is 0 Å². The maximum absolute atomic E-state index is 10.5. The maximum Gasteiger partial charge on any atom is 0.303 e. The number of aliphatic carboxylic acids is 1. The number of aromatic nitrogens is 1. The van der Waals surface area contributed by atoms with Crippen LogP contribution in [0.4, 0.5) is 0 Å². The molecule has 0 unspecified atom stereocenters. The minimum Gasteiger partial charge on any atom is -0.481 e. The molecular weight excluding hydrogens is 261 g/mol. The molecule has 3 nitrogen and oxygen atoms in total. The van der Waals surface area contributed by atoms with E-state index in [1.54, 1.807) is 18.2 Å². The lowest BCUT2D eigenvalue weighted by atomic mass is 10.1. The summed E-state index contributed by atoms with van der Waals surface area (Å²) in [4.78, 5) is 14.8. The van der Waals surface area contributed by atoms with E-state index in [-0.39, 0.29) is 6.42 Å². The van der Waals surface area contributed by atoms with E-state index >= 15 is 0 Å². The number of carbonyl (C=O) groups is 1. The Kier molecular flexibility index (Phi) is 3.50. The van der Waals surface area contributed by atoms with Gasteiger partial charge in [-0.05, 0) is 24.3 Å². The number of benzene rings is 1. The molecule has 0 atom stereocenters. The van der Waals surface area contributed by atoms with Gasteiger partial charge in [-0.3, -0.25) is 9.78 Å². The Morgan fingerprint density at radius 3 is 2.59 bits per heavy atom. The van der Waals surface area contributed by atoms with Gasteiger partial charge in [0.25, 0.3) is 0 Å². The summed E-state index contributed by atoms with van der Waals surface area (Å²) >= 11 is 12.0. The van der Waals surface area contributed by atoms with E-state index in [1.807, 2.05) is 6.07 Å². The van der Waals surface area contributed by atoms with E-state index < -0.39 is 5.97 Å². The van der Waals surface area contributed by atoms with Gasteiger partial charge in [0.1, 0.15) is 0 Å². The molecule has 2 aromatic rings. The highest BCUT2D eigenvalue weighted by atomic mass is 35.5. The quantitative estimate of drug-likeness (QED) is 0.927. The van der Waals surface area contributed by atoms with E-state index in [0.717, 1.165) is 5.39 Å². The SMILES string of the molecule is O=C(O)CCc1ccc2c(Cl)ccc(Cl)c2n1. The van der Waals surface area contributed by atoms with Gasteiger partial charge in [-0.1, -0.05) is 23.2 Å². The van der Waals surface area contributed by atoms with Gasteiger partial charge in [0, 0.05) is 17.5 Å². The lowest BCUT2D eigenvalue weighted by Crippen LogP contribution is -1.99. The zero-order valence-corrected chi connectivity index (χ0v) is 10.3. The van der Waals surface area contributed by atoms with E-state index in [0.29, 0.717) is 27.7 Å². The Balaban J connectivity index is 2.43. The topological polar surface area (TPSA) is 50.2 Å². The molecule has 0 spiro atoms. The third-order valence-corrected chi connectivity index (χ3v) is 3.04. The van der Waals surface area contributed by atoms with Gasteiger partial charge < -0.3 is 5.11 Å². The van der Waals surface area contributed by atoms with E-state index in [2.05, 4.69) is 4.98 Å². The van der Waals surface area contributed by atoms with Crippen molar-refractivity contribution in [2.24, 2.45) is 0 Å². The largest absolute Gasteiger partial charge is 0.481 e. The molecule has 1 heterocycles. The Hall–Kier alpha value is -1.32. The lowest BCUT2D eigenvalue weighted by molar-refractivity contribution is -0.136. The van der Waals surface area contributed by atoms with Gasteiger partial charge in [0.05, 0.1) is 22.0 Å². The molecule has 0 saturated carbocycles. The van der Waals surface area contributed by atoms with Crippen LogP contribution in [-0.2, 0) is 11.2 Å². The van der Waals surface area contributed by atoms with Crippen LogP contribution in [0, 0.1) is 0 Å². The van der Waals surface area contributed by atoms with Crippen molar-refractivity contribution in [2.75, 3.05) is 0 Å². The molecule has 1 N–H and O–H groups in total.